The first-order valence-corrected chi connectivity index (χ1v) is 24.3. The second-order valence-electron chi connectivity index (χ2n) is 15.7. The predicted molar refractivity (Wildman–Crippen MR) is 263 cm³/mol. The van der Waals surface area contributed by atoms with E-state index in [1.165, 1.54) is 49.3 Å². The van der Waals surface area contributed by atoms with Crippen molar-refractivity contribution in [3.63, 3.8) is 0 Å². The highest BCUT2D eigenvalue weighted by Crippen LogP contribution is 2.30. The van der Waals surface area contributed by atoms with Gasteiger partial charge in [0.25, 0.3) is 39.3 Å². The Morgan fingerprint density at radius 3 is 1.97 bits per heavy atom. The van der Waals surface area contributed by atoms with Gasteiger partial charge in [-0.05, 0) is 110 Å². The van der Waals surface area contributed by atoms with Crippen molar-refractivity contribution in [2.75, 3.05) is 22.2 Å². The first-order chi connectivity index (χ1) is 33.6. The van der Waals surface area contributed by atoms with E-state index >= 15 is 0 Å². The number of benzene rings is 3. The van der Waals surface area contributed by atoms with Gasteiger partial charge in [-0.2, -0.15) is 8.42 Å². The van der Waals surface area contributed by atoms with E-state index in [0.717, 1.165) is 0 Å². The number of hydroxylamine groups is 2. The van der Waals surface area contributed by atoms with Crippen molar-refractivity contribution < 1.29 is 56.2 Å². The number of aryl methyl sites for hydroxylation is 1. The van der Waals surface area contributed by atoms with Crippen LogP contribution < -0.4 is 24.7 Å². The van der Waals surface area contributed by atoms with Gasteiger partial charge in [-0.15, -0.1) is 5.06 Å². The molecular weight excluding hydrogens is 961 g/mol. The lowest BCUT2D eigenvalue weighted by molar-refractivity contribution is -0.696. The number of imide groups is 1. The summed E-state index contributed by atoms with van der Waals surface area (Å²) in [5.74, 6) is -3.55. The number of thiocarbonyl (C=S) groups is 1. The number of aromatic hydroxyl groups is 1. The van der Waals surface area contributed by atoms with E-state index in [9.17, 15) is 46.8 Å². The van der Waals surface area contributed by atoms with Gasteiger partial charge in [0.05, 0.1) is 29.4 Å². The zero-order valence-corrected chi connectivity index (χ0v) is 39.7. The molecule has 0 spiro atoms. The molecule has 2 saturated heterocycles. The molecule has 5 aromatic rings. The van der Waals surface area contributed by atoms with E-state index in [0.29, 0.717) is 59.4 Å². The number of rotatable bonds is 19. The van der Waals surface area contributed by atoms with Crippen LogP contribution in [-0.4, -0.2) is 79.3 Å². The van der Waals surface area contributed by atoms with Crippen LogP contribution in [0.25, 0.3) is 17.5 Å². The summed E-state index contributed by atoms with van der Waals surface area (Å²) in [6.45, 7) is 0.503. The van der Waals surface area contributed by atoms with E-state index < -0.39 is 56.9 Å². The summed E-state index contributed by atoms with van der Waals surface area (Å²) in [5, 5.41) is 12.0. The van der Waals surface area contributed by atoms with Gasteiger partial charge in [0.15, 0.2) is 22.3 Å². The van der Waals surface area contributed by atoms with Crippen LogP contribution >= 0.6 is 24.4 Å². The van der Waals surface area contributed by atoms with Crippen molar-refractivity contribution in [2.24, 2.45) is 0 Å². The number of hydrogen-bond acceptors (Lipinski definition) is 13. The second-order valence-corrected chi connectivity index (χ2v) is 18.0. The number of para-hydroxylation sites is 2. The van der Waals surface area contributed by atoms with Crippen LogP contribution in [0.2, 0.25) is 0 Å². The summed E-state index contributed by atoms with van der Waals surface area (Å²) in [4.78, 5) is 85.2. The van der Waals surface area contributed by atoms with E-state index in [2.05, 4.69) is 0 Å². The Bertz CT molecular complexity index is 3160. The quantitative estimate of drug-likeness (QED) is 0.0141. The molecule has 0 bridgehead atoms. The third-order valence-corrected chi connectivity index (χ3v) is 12.3. The molecule has 70 heavy (non-hydrogen) atoms. The minimum absolute atomic E-state index is 0.0210. The maximum Gasteiger partial charge on any atom is 0.333 e. The summed E-state index contributed by atoms with van der Waals surface area (Å²) >= 11 is 11.5. The Morgan fingerprint density at radius 2 is 1.33 bits per heavy atom. The number of unbranched alkanes of at least 4 members (excludes halogenated alkanes) is 2. The van der Waals surface area contributed by atoms with Crippen molar-refractivity contribution in [3.05, 3.63) is 160 Å². The summed E-state index contributed by atoms with van der Waals surface area (Å²) in [5.41, 5.74) is 0.464. The van der Waals surface area contributed by atoms with E-state index in [-0.39, 0.29) is 53.2 Å². The average molecular weight is 1010 g/mol. The van der Waals surface area contributed by atoms with Crippen molar-refractivity contribution in [1.29, 1.82) is 0 Å². The Kier molecular flexibility index (Phi) is 16.2. The monoisotopic (exact) mass is 1010 g/mol. The molecule has 0 unspecified atom stereocenters. The highest BCUT2D eigenvalue weighted by molar-refractivity contribution is 7.85. The number of aromatic nitrogens is 3. The molecule has 0 radical (unpaired) electrons. The van der Waals surface area contributed by atoms with Gasteiger partial charge in [-0.25, -0.2) is 13.9 Å². The van der Waals surface area contributed by atoms with Gasteiger partial charge in [-0.1, -0.05) is 54.6 Å². The normalized spacial score (nSPS) is 15.0. The van der Waals surface area contributed by atoms with Crippen molar-refractivity contribution in [3.8, 4) is 23.0 Å². The highest BCUT2D eigenvalue weighted by atomic mass is 32.2. The fraction of sp³-hybridized carbons (Fsp3) is 0.204. The lowest BCUT2D eigenvalue weighted by atomic mass is 10.1. The number of carbonyl (C=O) groups excluding carboxylic acids is 5. The maximum atomic E-state index is 14.2. The van der Waals surface area contributed by atoms with Crippen LogP contribution in [-0.2, 0) is 45.5 Å². The molecule has 2 fully saturated rings. The van der Waals surface area contributed by atoms with Gasteiger partial charge in [0.1, 0.15) is 29.1 Å². The number of carbonyl (C=O) groups is 5. The van der Waals surface area contributed by atoms with Crippen LogP contribution in [0.3, 0.4) is 0 Å². The lowest BCUT2D eigenvalue weighted by Gasteiger charge is -2.36. The summed E-state index contributed by atoms with van der Waals surface area (Å²) in [6, 6.07) is 27.0. The third-order valence-electron chi connectivity index (χ3n) is 10.8. The average Bonchev–Trinajstić information content (AvgIpc) is 3.65. The molecule has 21 heteroatoms. The molecule has 0 saturated carbocycles. The van der Waals surface area contributed by atoms with Crippen LogP contribution in [0.15, 0.2) is 144 Å². The van der Waals surface area contributed by atoms with E-state index in [4.69, 9.17) is 34.0 Å². The minimum atomic E-state index is -4.18. The van der Waals surface area contributed by atoms with Crippen LogP contribution in [0.4, 0.5) is 11.4 Å². The van der Waals surface area contributed by atoms with E-state index in [1.807, 2.05) is 0 Å². The van der Waals surface area contributed by atoms with Gasteiger partial charge >= 0.3 is 5.97 Å². The molecule has 0 atom stereocenters. The Hall–Kier alpha value is -7.72. The molecule has 2 N–H and O–H groups in total. The second kappa shape index (κ2) is 22.6. The standard InChI is InChI=1S/C49H44N6O12S3/c56-41-27-28-42(57)55(41)67-43(58)22-11-4-12-31-66-38-25-23-36(24-26-38)53-46(61)39(44(59)51(48(53)68)34-15-5-1-6-16-34)20-9-3-10-21-40-45(60)52(35-17-7-2-8-18-35)49(69)54(47(40)62)37-19-13-29-50(33-37)30-14-32-70(63,64)65/h1-3,5-10,13,15-21,23-26,29,33H,4,11-12,14,22,27-28,30-32H2,(H-,59,60,61,62,63,64,65)/p+1. The largest absolute Gasteiger partial charge is 0.494 e. The SMILES string of the molecule is O=C(CCCCCOc1ccc(N2C(=O)C(=CC=CC=Cc3c(O)n(-c4ccccc4)c(=S)n(-c4ccc[n+](CCCS(=O)(=O)O)c4)c3=O)C(=O)N(c3ccccc3)C2=S)cc1)ON1C(=O)CCC1=O. The molecule has 18 nitrogen and oxygen atoms in total. The highest BCUT2D eigenvalue weighted by Gasteiger charge is 2.41. The molecule has 4 heterocycles. The number of pyridine rings is 1. The van der Waals surface area contributed by atoms with Crippen LogP contribution in [0.5, 0.6) is 11.6 Å². The Morgan fingerprint density at radius 1 is 0.714 bits per heavy atom. The molecule has 2 aliphatic heterocycles. The third kappa shape index (κ3) is 11.9. The molecule has 7 rings (SSSR count). The van der Waals surface area contributed by atoms with Crippen molar-refractivity contribution >= 4 is 86.7 Å². The fourth-order valence-corrected chi connectivity index (χ4v) is 8.64. The number of allylic oxidation sites excluding steroid dienone is 4. The van der Waals surface area contributed by atoms with E-state index in [1.54, 1.807) is 114 Å². The molecule has 3 aromatic carbocycles. The van der Waals surface area contributed by atoms with Gasteiger partial charge in [0.2, 0.25) is 5.88 Å². The number of ether oxygens (including phenoxy) is 1. The van der Waals surface area contributed by atoms with Gasteiger partial charge in [0, 0.05) is 31.7 Å². The molecule has 0 aliphatic carbocycles. The van der Waals surface area contributed by atoms with Gasteiger partial charge in [-0.3, -0.25) is 42.9 Å². The zero-order valence-electron chi connectivity index (χ0n) is 37.2. The number of amides is 4. The maximum absolute atomic E-state index is 14.2. The topological polar surface area (TPSA) is 219 Å². The number of nitrogens with zero attached hydrogens (tertiary/aromatic N) is 6. The zero-order chi connectivity index (χ0) is 50.0. The summed E-state index contributed by atoms with van der Waals surface area (Å²) in [6.07, 6.45) is 12.1. The molecule has 360 valence electrons. The molecule has 4 amide bonds. The summed E-state index contributed by atoms with van der Waals surface area (Å²) < 4.78 is 41.8. The lowest BCUT2D eigenvalue weighted by Crippen LogP contribution is -2.57. The van der Waals surface area contributed by atoms with Crippen LogP contribution in [0, 0.1) is 4.77 Å². The smallest absolute Gasteiger partial charge is 0.333 e. The molecular formula is C49H45N6O12S3+. The molecule has 2 aromatic heterocycles. The Labute approximate surface area is 411 Å². The van der Waals surface area contributed by atoms with Crippen LogP contribution in [0.1, 0.15) is 50.5 Å². The van der Waals surface area contributed by atoms with Gasteiger partial charge < -0.3 is 14.7 Å². The first-order valence-electron chi connectivity index (χ1n) is 21.9. The fourth-order valence-electron chi connectivity index (χ4n) is 7.39. The minimum Gasteiger partial charge on any atom is -0.494 e. The van der Waals surface area contributed by atoms with Crippen molar-refractivity contribution in [2.45, 2.75) is 51.5 Å². The van der Waals surface area contributed by atoms with Crippen molar-refractivity contribution in [1.82, 2.24) is 14.2 Å². The Balaban J connectivity index is 1.09. The number of hydrogen-bond donors (Lipinski definition) is 2. The number of anilines is 2. The summed E-state index contributed by atoms with van der Waals surface area (Å²) in [7, 11) is -4.18. The molecule has 2 aliphatic rings. The predicted octanol–water partition coefficient (Wildman–Crippen LogP) is 6.04. The first kappa shape index (κ1) is 50.2.